The van der Waals surface area contributed by atoms with Crippen LogP contribution in [0.3, 0.4) is 0 Å². The summed E-state index contributed by atoms with van der Waals surface area (Å²) in [5.74, 6) is 0.772. The Morgan fingerprint density at radius 1 is 0.906 bits per heavy atom. The summed E-state index contributed by atoms with van der Waals surface area (Å²) in [4.78, 5) is 28.5. The highest BCUT2D eigenvalue weighted by Gasteiger charge is 2.22. The average Bonchev–Trinajstić information content (AvgIpc) is 3.12. The van der Waals surface area contributed by atoms with Crippen LogP contribution in [-0.2, 0) is 13.0 Å². The van der Waals surface area contributed by atoms with Gasteiger partial charge in [-0.15, -0.1) is 0 Å². The Kier molecular flexibility index (Phi) is 5.39. The first-order valence-corrected chi connectivity index (χ1v) is 11.5. The largest absolute Gasteiger partial charge is 0.296 e. The molecule has 0 aliphatic carbocycles. The maximum Gasteiger partial charge on any atom is 0.265 e. The molecule has 3 aromatic heterocycles. The van der Waals surface area contributed by atoms with Gasteiger partial charge in [-0.3, -0.25) is 13.9 Å². The molecule has 0 spiro atoms. The number of benzene rings is 2. The smallest absolute Gasteiger partial charge is 0.265 e. The van der Waals surface area contributed by atoms with E-state index in [4.69, 9.17) is 26.6 Å². The number of aryl methyl sites for hydroxylation is 1. The molecule has 3 heterocycles. The molecule has 0 unspecified atom stereocenters. The number of hydrogen-bond donors (Lipinski definition) is 0. The summed E-state index contributed by atoms with van der Waals surface area (Å²) in [6, 6.07) is 15.2. The third-order valence-electron chi connectivity index (χ3n) is 5.81. The Labute approximate surface area is 190 Å². The number of aromatic nitrogens is 5. The Balaban J connectivity index is 1.93. The maximum absolute atomic E-state index is 13.8. The van der Waals surface area contributed by atoms with Crippen LogP contribution in [0.2, 0.25) is 5.02 Å². The molecule has 0 amide bonds. The lowest BCUT2D eigenvalue weighted by Gasteiger charge is -2.12. The zero-order valence-electron chi connectivity index (χ0n) is 18.2. The van der Waals surface area contributed by atoms with Crippen LogP contribution in [0, 0.1) is 0 Å². The van der Waals surface area contributed by atoms with Crippen molar-refractivity contribution in [3.05, 3.63) is 69.7 Å². The number of rotatable bonds is 6. The minimum absolute atomic E-state index is 0.0571. The molecule has 0 bridgehead atoms. The summed E-state index contributed by atoms with van der Waals surface area (Å²) < 4.78 is 3.73. The summed E-state index contributed by atoms with van der Waals surface area (Å²) >= 11 is 6.31. The highest BCUT2D eigenvalue weighted by atomic mass is 35.5. The molecule has 0 radical (unpaired) electrons. The van der Waals surface area contributed by atoms with Crippen molar-refractivity contribution in [1.82, 2.24) is 24.1 Å². The van der Waals surface area contributed by atoms with Gasteiger partial charge in [0.1, 0.15) is 16.7 Å². The Bertz CT molecular complexity index is 1520. The van der Waals surface area contributed by atoms with E-state index in [2.05, 4.69) is 6.92 Å². The number of unbranched alkanes of at least 4 members (excludes halogenated alkanes) is 2. The second kappa shape index (κ2) is 8.36. The molecule has 0 fully saturated rings. The molecule has 6 nitrogen and oxygen atoms in total. The third-order valence-corrected chi connectivity index (χ3v) is 6.04. The number of nitrogens with zero attached hydrogens (tertiary/aromatic N) is 5. The highest BCUT2D eigenvalue weighted by Crippen LogP contribution is 2.29. The van der Waals surface area contributed by atoms with Crippen LogP contribution >= 0.6 is 11.6 Å². The van der Waals surface area contributed by atoms with Gasteiger partial charge in [-0.2, -0.15) is 0 Å². The van der Waals surface area contributed by atoms with Crippen LogP contribution in [0.1, 0.15) is 38.9 Å². The van der Waals surface area contributed by atoms with Crippen LogP contribution in [-0.4, -0.2) is 24.1 Å². The van der Waals surface area contributed by atoms with E-state index in [9.17, 15) is 4.79 Å². The monoisotopic (exact) mass is 445 g/mol. The minimum Gasteiger partial charge on any atom is -0.296 e. The van der Waals surface area contributed by atoms with Crippen molar-refractivity contribution < 1.29 is 0 Å². The second-order valence-corrected chi connectivity index (χ2v) is 8.38. The van der Waals surface area contributed by atoms with Gasteiger partial charge in [-0.1, -0.05) is 56.5 Å². The Morgan fingerprint density at radius 3 is 2.41 bits per heavy atom. The number of hydrogen-bond acceptors (Lipinski definition) is 4. The third kappa shape index (κ3) is 3.35. The van der Waals surface area contributed by atoms with Crippen molar-refractivity contribution in [2.24, 2.45) is 0 Å². The zero-order valence-corrected chi connectivity index (χ0v) is 18.9. The van der Waals surface area contributed by atoms with Crippen LogP contribution < -0.4 is 5.56 Å². The molecule has 0 saturated carbocycles. The fourth-order valence-corrected chi connectivity index (χ4v) is 4.43. The number of fused-ring (bicyclic) bond motifs is 4. The first kappa shape index (κ1) is 20.6. The summed E-state index contributed by atoms with van der Waals surface area (Å²) in [5, 5.41) is 1.11. The van der Waals surface area contributed by atoms with Gasteiger partial charge in [-0.25, -0.2) is 15.0 Å². The lowest BCUT2D eigenvalue weighted by Crippen LogP contribution is -2.25. The summed E-state index contributed by atoms with van der Waals surface area (Å²) in [5.41, 5.74) is 4.03. The van der Waals surface area contributed by atoms with Gasteiger partial charge in [0, 0.05) is 18.0 Å². The van der Waals surface area contributed by atoms with Gasteiger partial charge in [0.05, 0.1) is 16.7 Å². The SMILES string of the molecule is CCCCCn1c(CC)nc2c(c1=O)c1nc3ccccc3nc1n2-c1cccc(Cl)c1. The van der Waals surface area contributed by atoms with E-state index in [-0.39, 0.29) is 5.56 Å². The van der Waals surface area contributed by atoms with Crippen molar-refractivity contribution in [1.29, 1.82) is 0 Å². The van der Waals surface area contributed by atoms with E-state index < -0.39 is 0 Å². The maximum atomic E-state index is 13.8. The second-order valence-electron chi connectivity index (χ2n) is 7.94. The number of halogens is 1. The molecule has 162 valence electrons. The topological polar surface area (TPSA) is 65.6 Å². The van der Waals surface area contributed by atoms with Crippen molar-refractivity contribution in [3.8, 4) is 5.69 Å². The molecule has 7 heteroatoms. The quantitative estimate of drug-likeness (QED) is 0.315. The molecular formula is C25H24ClN5O. The lowest BCUT2D eigenvalue weighted by molar-refractivity contribution is 0.560. The van der Waals surface area contributed by atoms with E-state index in [1.807, 2.05) is 64.6 Å². The first-order chi connectivity index (χ1) is 15.6. The van der Waals surface area contributed by atoms with Crippen molar-refractivity contribution in [3.63, 3.8) is 0 Å². The van der Waals surface area contributed by atoms with Crippen LogP contribution in [0.25, 0.3) is 38.9 Å². The van der Waals surface area contributed by atoms with Crippen LogP contribution in [0.4, 0.5) is 0 Å². The van der Waals surface area contributed by atoms with E-state index >= 15 is 0 Å². The summed E-state index contributed by atoms with van der Waals surface area (Å²) in [7, 11) is 0. The summed E-state index contributed by atoms with van der Waals surface area (Å²) in [6.45, 7) is 4.84. The first-order valence-electron chi connectivity index (χ1n) is 11.1. The normalized spacial score (nSPS) is 11.7. The lowest BCUT2D eigenvalue weighted by atomic mass is 10.2. The minimum atomic E-state index is -0.0571. The average molecular weight is 446 g/mol. The van der Waals surface area contributed by atoms with Gasteiger partial charge < -0.3 is 0 Å². The molecule has 5 aromatic rings. The van der Waals surface area contributed by atoms with E-state index in [0.717, 1.165) is 41.8 Å². The fraction of sp³-hybridized carbons (Fsp3) is 0.280. The predicted octanol–water partition coefficient (Wildman–Crippen LogP) is 5.69. The van der Waals surface area contributed by atoms with Crippen LogP contribution in [0.15, 0.2) is 53.3 Å². The molecule has 0 aliphatic heterocycles. The fourth-order valence-electron chi connectivity index (χ4n) is 4.25. The molecule has 0 N–H and O–H groups in total. The number of para-hydroxylation sites is 2. The van der Waals surface area contributed by atoms with E-state index in [1.54, 1.807) is 0 Å². The molecule has 0 aliphatic rings. The van der Waals surface area contributed by atoms with Gasteiger partial charge in [-0.05, 0) is 36.8 Å². The zero-order chi connectivity index (χ0) is 22.2. The molecule has 0 atom stereocenters. The van der Waals surface area contributed by atoms with Gasteiger partial charge in [0.25, 0.3) is 5.56 Å². The van der Waals surface area contributed by atoms with Crippen molar-refractivity contribution in [2.45, 2.75) is 46.1 Å². The molecular weight excluding hydrogens is 422 g/mol. The van der Waals surface area contributed by atoms with Gasteiger partial charge >= 0.3 is 0 Å². The molecule has 5 rings (SSSR count). The molecule has 32 heavy (non-hydrogen) atoms. The molecule has 2 aromatic carbocycles. The van der Waals surface area contributed by atoms with E-state index in [1.165, 1.54) is 0 Å². The Morgan fingerprint density at radius 2 is 1.69 bits per heavy atom. The van der Waals surface area contributed by atoms with E-state index in [0.29, 0.717) is 40.2 Å². The van der Waals surface area contributed by atoms with Gasteiger partial charge in [0.2, 0.25) is 0 Å². The standard InChI is InChI=1S/C25H24ClN5O/c1-3-5-8-14-30-20(4-2)29-23-21(25(30)32)22-24(28-19-13-7-6-12-18(19)27-22)31(23)17-11-9-10-16(26)15-17/h6-7,9-13,15H,3-5,8,14H2,1-2H3. The highest BCUT2D eigenvalue weighted by molar-refractivity contribution is 6.30. The van der Waals surface area contributed by atoms with Crippen molar-refractivity contribution in [2.75, 3.05) is 0 Å². The predicted molar refractivity (Wildman–Crippen MR) is 130 cm³/mol. The Hall–Kier alpha value is -3.25. The van der Waals surface area contributed by atoms with Crippen LogP contribution in [0.5, 0.6) is 0 Å². The van der Waals surface area contributed by atoms with Gasteiger partial charge in [0.15, 0.2) is 11.3 Å². The summed E-state index contributed by atoms with van der Waals surface area (Å²) in [6.07, 6.45) is 3.77. The molecule has 0 saturated heterocycles. The van der Waals surface area contributed by atoms with Crippen molar-refractivity contribution >= 4 is 44.8 Å².